The van der Waals surface area contributed by atoms with Gasteiger partial charge in [-0.3, -0.25) is 0 Å². The first-order chi connectivity index (χ1) is 7.97. The van der Waals surface area contributed by atoms with Crippen LogP contribution < -0.4 is 0 Å². The van der Waals surface area contributed by atoms with E-state index in [1.54, 1.807) is 0 Å². The third-order valence-corrected chi connectivity index (χ3v) is 3.18. The summed E-state index contributed by atoms with van der Waals surface area (Å²) in [6.45, 7) is 10.3. The van der Waals surface area contributed by atoms with Gasteiger partial charge in [0.25, 0.3) is 0 Å². The molecule has 1 fully saturated rings. The highest BCUT2D eigenvalue weighted by molar-refractivity contribution is 5.28. The number of ether oxygens (including phenoxy) is 2. The number of epoxide rings is 1. The summed E-state index contributed by atoms with van der Waals surface area (Å²) in [6, 6.07) is 8.73. The summed E-state index contributed by atoms with van der Waals surface area (Å²) in [6.07, 6.45) is 0.486. The molecular formula is C15H22O2. The molecular weight excluding hydrogens is 212 g/mol. The van der Waals surface area contributed by atoms with Crippen LogP contribution in [0.25, 0.3) is 0 Å². The van der Waals surface area contributed by atoms with E-state index >= 15 is 0 Å². The Morgan fingerprint density at radius 3 is 2.35 bits per heavy atom. The Hall–Kier alpha value is -0.860. The second kappa shape index (κ2) is 4.79. The number of benzene rings is 1. The van der Waals surface area contributed by atoms with Crippen molar-refractivity contribution in [1.29, 1.82) is 0 Å². The number of hydrogen-bond acceptors (Lipinski definition) is 2. The summed E-state index contributed by atoms with van der Waals surface area (Å²) in [5.41, 5.74) is 2.81. The minimum atomic E-state index is 0.146. The lowest BCUT2D eigenvalue weighted by Crippen LogP contribution is -2.11. The van der Waals surface area contributed by atoms with Crippen molar-refractivity contribution in [3.8, 4) is 0 Å². The quantitative estimate of drug-likeness (QED) is 0.744. The summed E-state index contributed by atoms with van der Waals surface area (Å²) in [5.74, 6) is 0. The Bertz CT molecular complexity index is 358. The lowest BCUT2D eigenvalue weighted by Gasteiger charge is -2.20. The van der Waals surface area contributed by atoms with Gasteiger partial charge in [0.1, 0.15) is 6.10 Å². The molecule has 1 heterocycles. The predicted octanol–water partition coefficient (Wildman–Crippen LogP) is 3.46. The largest absolute Gasteiger partial charge is 0.371 e. The molecule has 1 aliphatic heterocycles. The average molecular weight is 234 g/mol. The number of rotatable bonds is 4. The molecule has 0 radical (unpaired) electrons. The van der Waals surface area contributed by atoms with Gasteiger partial charge < -0.3 is 9.47 Å². The Labute approximate surface area is 104 Å². The fourth-order valence-electron chi connectivity index (χ4n) is 1.77. The summed E-state index contributed by atoms with van der Waals surface area (Å²) >= 11 is 0. The highest BCUT2D eigenvalue weighted by Gasteiger charge is 2.23. The van der Waals surface area contributed by atoms with Crippen LogP contribution in [0, 0.1) is 0 Å². The Morgan fingerprint density at radius 1 is 1.29 bits per heavy atom. The molecule has 1 saturated heterocycles. The van der Waals surface area contributed by atoms with Crippen molar-refractivity contribution in [1.82, 2.24) is 0 Å². The zero-order chi connectivity index (χ0) is 12.5. The van der Waals surface area contributed by atoms with Crippen LogP contribution in [-0.2, 0) is 14.9 Å². The van der Waals surface area contributed by atoms with Gasteiger partial charge >= 0.3 is 0 Å². The van der Waals surface area contributed by atoms with Crippen LogP contribution in [0.2, 0.25) is 0 Å². The first-order valence-corrected chi connectivity index (χ1v) is 6.30. The van der Waals surface area contributed by atoms with Gasteiger partial charge in [0.2, 0.25) is 0 Å². The molecule has 2 heteroatoms. The molecule has 0 saturated carbocycles. The molecule has 1 aliphatic rings. The van der Waals surface area contributed by atoms with E-state index in [0.717, 1.165) is 6.61 Å². The van der Waals surface area contributed by atoms with E-state index < -0.39 is 0 Å². The highest BCUT2D eigenvalue weighted by atomic mass is 16.6. The molecule has 0 unspecified atom stereocenters. The normalized spacial score (nSPS) is 21.3. The molecule has 0 bridgehead atoms. The van der Waals surface area contributed by atoms with Crippen LogP contribution in [0.5, 0.6) is 0 Å². The zero-order valence-electron chi connectivity index (χ0n) is 11.2. The average Bonchev–Trinajstić information content (AvgIpc) is 3.09. The van der Waals surface area contributed by atoms with Crippen molar-refractivity contribution in [3.05, 3.63) is 35.4 Å². The number of hydrogen-bond donors (Lipinski definition) is 0. The fourth-order valence-corrected chi connectivity index (χ4v) is 1.77. The molecule has 0 N–H and O–H groups in total. The second-order valence-corrected chi connectivity index (χ2v) is 5.80. The minimum absolute atomic E-state index is 0.146. The molecule has 0 aliphatic carbocycles. The van der Waals surface area contributed by atoms with E-state index in [1.165, 1.54) is 11.1 Å². The lowest BCUT2D eigenvalue weighted by atomic mass is 9.86. The smallest absolute Gasteiger partial charge is 0.104 e. The fraction of sp³-hybridized carbons (Fsp3) is 0.600. The maximum atomic E-state index is 5.75. The first-order valence-electron chi connectivity index (χ1n) is 6.30. The van der Waals surface area contributed by atoms with Crippen LogP contribution >= 0.6 is 0 Å². The van der Waals surface area contributed by atoms with Crippen molar-refractivity contribution in [3.63, 3.8) is 0 Å². The van der Waals surface area contributed by atoms with Crippen LogP contribution in [0.4, 0.5) is 0 Å². The van der Waals surface area contributed by atoms with E-state index in [-0.39, 0.29) is 11.5 Å². The molecule has 0 aromatic heterocycles. The topological polar surface area (TPSA) is 21.8 Å². The van der Waals surface area contributed by atoms with E-state index in [9.17, 15) is 0 Å². The zero-order valence-corrected chi connectivity index (χ0v) is 11.2. The molecule has 1 aromatic rings. The van der Waals surface area contributed by atoms with Gasteiger partial charge in [0.05, 0.1) is 19.3 Å². The van der Waals surface area contributed by atoms with Crippen LogP contribution in [0.1, 0.15) is 44.9 Å². The monoisotopic (exact) mass is 234 g/mol. The van der Waals surface area contributed by atoms with Gasteiger partial charge in [-0.25, -0.2) is 0 Å². The maximum absolute atomic E-state index is 5.75. The molecule has 94 valence electrons. The van der Waals surface area contributed by atoms with E-state index in [2.05, 4.69) is 52.0 Å². The standard InChI is InChI=1S/C15H22O2/c1-11(16-9-14-10-17-14)12-5-7-13(8-6-12)15(2,3)4/h5-8,11,14H,9-10H2,1-4H3/t11-,14-/m0/s1. The summed E-state index contributed by atoms with van der Waals surface area (Å²) in [7, 11) is 0. The van der Waals surface area contributed by atoms with Crippen molar-refractivity contribution in [2.24, 2.45) is 0 Å². The second-order valence-electron chi connectivity index (χ2n) is 5.80. The summed E-state index contributed by atoms with van der Waals surface area (Å²) < 4.78 is 10.9. The molecule has 2 nitrogen and oxygen atoms in total. The third-order valence-electron chi connectivity index (χ3n) is 3.18. The Balaban J connectivity index is 1.96. The molecule has 2 rings (SSSR count). The highest BCUT2D eigenvalue weighted by Crippen LogP contribution is 2.25. The van der Waals surface area contributed by atoms with Gasteiger partial charge in [0.15, 0.2) is 0 Å². The summed E-state index contributed by atoms with van der Waals surface area (Å²) in [4.78, 5) is 0. The minimum Gasteiger partial charge on any atom is -0.371 e. The van der Waals surface area contributed by atoms with Crippen LogP contribution in [0.15, 0.2) is 24.3 Å². The van der Waals surface area contributed by atoms with E-state index in [1.807, 2.05) is 0 Å². The Morgan fingerprint density at radius 2 is 1.88 bits per heavy atom. The molecule has 1 aromatic carbocycles. The molecule has 2 atom stereocenters. The first kappa shape index (κ1) is 12.6. The van der Waals surface area contributed by atoms with Crippen LogP contribution in [-0.4, -0.2) is 19.3 Å². The Kier molecular flexibility index (Phi) is 3.55. The van der Waals surface area contributed by atoms with Crippen molar-refractivity contribution in [2.75, 3.05) is 13.2 Å². The predicted molar refractivity (Wildman–Crippen MR) is 69.2 cm³/mol. The molecule has 0 amide bonds. The van der Waals surface area contributed by atoms with E-state index in [0.29, 0.717) is 12.7 Å². The maximum Gasteiger partial charge on any atom is 0.104 e. The van der Waals surface area contributed by atoms with Gasteiger partial charge in [-0.2, -0.15) is 0 Å². The van der Waals surface area contributed by atoms with Crippen molar-refractivity contribution >= 4 is 0 Å². The van der Waals surface area contributed by atoms with Gasteiger partial charge in [-0.05, 0) is 23.5 Å². The molecule has 17 heavy (non-hydrogen) atoms. The van der Waals surface area contributed by atoms with Gasteiger partial charge in [-0.1, -0.05) is 45.0 Å². The SMILES string of the molecule is C[C@H](OC[C@H]1CO1)c1ccc(C(C)(C)C)cc1. The lowest BCUT2D eigenvalue weighted by molar-refractivity contribution is 0.0539. The van der Waals surface area contributed by atoms with Gasteiger partial charge in [-0.15, -0.1) is 0 Å². The summed E-state index contributed by atoms with van der Waals surface area (Å²) in [5, 5.41) is 0. The van der Waals surface area contributed by atoms with Crippen LogP contribution in [0.3, 0.4) is 0 Å². The molecule has 0 spiro atoms. The van der Waals surface area contributed by atoms with E-state index in [4.69, 9.17) is 9.47 Å². The van der Waals surface area contributed by atoms with Crippen molar-refractivity contribution in [2.45, 2.75) is 45.3 Å². The van der Waals surface area contributed by atoms with Crippen molar-refractivity contribution < 1.29 is 9.47 Å². The van der Waals surface area contributed by atoms with Gasteiger partial charge in [0, 0.05) is 0 Å². The third kappa shape index (κ3) is 3.55.